The zero-order chi connectivity index (χ0) is 22.0. The molecule has 1 N–H and O–H groups in total. The predicted octanol–water partition coefficient (Wildman–Crippen LogP) is 4.71. The van der Waals surface area contributed by atoms with Crippen molar-refractivity contribution in [3.63, 3.8) is 0 Å². The zero-order valence-corrected chi connectivity index (χ0v) is 18.6. The van der Waals surface area contributed by atoms with E-state index < -0.39 is 0 Å². The van der Waals surface area contributed by atoms with E-state index in [1.807, 2.05) is 23.6 Å². The monoisotopic (exact) mass is 431 g/mol. The minimum atomic E-state index is -0.309. The smallest absolute Gasteiger partial charge is 0.274 e. The molecule has 6 heteroatoms. The third-order valence-corrected chi connectivity index (χ3v) is 6.17. The Labute approximate surface area is 185 Å². The summed E-state index contributed by atoms with van der Waals surface area (Å²) in [5.74, 6) is 0.277. The fraction of sp³-hybridized carbons (Fsp3) is 0.240. The maximum absolute atomic E-state index is 13.3. The van der Waals surface area contributed by atoms with Gasteiger partial charge in [-0.05, 0) is 41.0 Å². The number of aromatic nitrogens is 2. The number of rotatable bonds is 6. The molecule has 2 aromatic carbocycles. The van der Waals surface area contributed by atoms with Gasteiger partial charge in [-0.3, -0.25) is 9.59 Å². The normalized spacial score (nSPS) is 12.3. The van der Waals surface area contributed by atoms with Gasteiger partial charge in [-0.1, -0.05) is 62.4 Å². The molecule has 0 radical (unpaired) electrons. The van der Waals surface area contributed by atoms with Crippen molar-refractivity contribution < 1.29 is 4.79 Å². The molecule has 0 aliphatic heterocycles. The number of nitrogens with one attached hydrogen (secondary N) is 1. The van der Waals surface area contributed by atoms with Crippen LogP contribution in [-0.4, -0.2) is 15.7 Å². The Hall–Kier alpha value is -3.25. The van der Waals surface area contributed by atoms with Gasteiger partial charge >= 0.3 is 0 Å². The molecular weight excluding hydrogens is 406 g/mol. The van der Waals surface area contributed by atoms with Crippen molar-refractivity contribution in [2.75, 3.05) is 0 Å². The lowest BCUT2D eigenvalue weighted by Gasteiger charge is -2.19. The summed E-state index contributed by atoms with van der Waals surface area (Å²) in [5.41, 5.74) is 2.32. The van der Waals surface area contributed by atoms with E-state index in [0.29, 0.717) is 16.7 Å². The van der Waals surface area contributed by atoms with Crippen molar-refractivity contribution in [3.8, 4) is 0 Å². The van der Waals surface area contributed by atoms with Crippen LogP contribution in [0.15, 0.2) is 70.8 Å². The van der Waals surface area contributed by atoms with E-state index in [9.17, 15) is 9.59 Å². The van der Waals surface area contributed by atoms with Crippen molar-refractivity contribution in [1.82, 2.24) is 15.1 Å². The molecule has 0 bridgehead atoms. The van der Waals surface area contributed by atoms with Gasteiger partial charge in [0.1, 0.15) is 0 Å². The van der Waals surface area contributed by atoms with Crippen LogP contribution in [0.3, 0.4) is 0 Å². The van der Waals surface area contributed by atoms with E-state index in [4.69, 9.17) is 0 Å². The summed E-state index contributed by atoms with van der Waals surface area (Å²) in [5, 5.41) is 10.5. The quantitative estimate of drug-likeness (QED) is 0.481. The van der Waals surface area contributed by atoms with Crippen molar-refractivity contribution in [2.24, 2.45) is 13.0 Å². The molecule has 31 heavy (non-hydrogen) atoms. The first-order valence-corrected chi connectivity index (χ1v) is 11.2. The van der Waals surface area contributed by atoms with Gasteiger partial charge in [0.15, 0.2) is 5.69 Å². The summed E-state index contributed by atoms with van der Waals surface area (Å²) in [4.78, 5) is 26.8. The molecule has 4 rings (SSSR count). The molecular formula is C25H25N3O2S. The number of thiophene rings is 1. The van der Waals surface area contributed by atoms with Crippen LogP contribution in [0.1, 0.15) is 46.4 Å². The van der Waals surface area contributed by atoms with Crippen molar-refractivity contribution in [1.29, 1.82) is 0 Å². The van der Waals surface area contributed by atoms with Crippen LogP contribution in [0, 0.1) is 5.92 Å². The summed E-state index contributed by atoms with van der Waals surface area (Å²) in [6, 6.07) is 19.2. The largest absolute Gasteiger partial charge is 0.339 e. The van der Waals surface area contributed by atoms with E-state index in [0.717, 1.165) is 16.9 Å². The zero-order valence-electron chi connectivity index (χ0n) is 17.8. The van der Waals surface area contributed by atoms with Crippen molar-refractivity contribution in [2.45, 2.75) is 26.3 Å². The summed E-state index contributed by atoms with van der Waals surface area (Å²) in [6.07, 6.45) is 1.02. The Morgan fingerprint density at radius 1 is 1.03 bits per heavy atom. The van der Waals surface area contributed by atoms with Crippen LogP contribution in [0.5, 0.6) is 0 Å². The highest BCUT2D eigenvalue weighted by molar-refractivity contribution is 7.10. The lowest BCUT2D eigenvalue weighted by atomic mass is 9.98. The first kappa shape index (κ1) is 21.0. The molecule has 5 nitrogen and oxygen atoms in total. The van der Waals surface area contributed by atoms with Crippen LogP contribution in [0.2, 0.25) is 0 Å². The molecule has 2 aromatic heterocycles. The molecule has 0 saturated carbocycles. The molecule has 4 aromatic rings. The molecule has 1 atom stereocenters. The Morgan fingerprint density at radius 2 is 1.74 bits per heavy atom. The van der Waals surface area contributed by atoms with Gasteiger partial charge in [0.05, 0.1) is 11.4 Å². The second kappa shape index (κ2) is 8.86. The topological polar surface area (TPSA) is 64.0 Å². The lowest BCUT2D eigenvalue weighted by Crippen LogP contribution is -2.32. The first-order chi connectivity index (χ1) is 14.9. The number of carbonyl (C=O) groups is 1. The number of nitrogens with zero attached hydrogens (tertiary/aromatic N) is 2. The Kier molecular flexibility index (Phi) is 6.00. The third-order valence-electron chi connectivity index (χ3n) is 5.23. The van der Waals surface area contributed by atoms with E-state index in [1.165, 1.54) is 10.2 Å². The van der Waals surface area contributed by atoms with Gasteiger partial charge in [0.25, 0.3) is 11.5 Å². The highest BCUT2D eigenvalue weighted by atomic mass is 32.1. The van der Waals surface area contributed by atoms with Gasteiger partial charge in [0, 0.05) is 17.3 Å². The Balaban J connectivity index is 1.71. The Bertz CT molecular complexity index is 1260. The number of aryl methyl sites for hydroxylation is 1. The lowest BCUT2D eigenvalue weighted by molar-refractivity contribution is 0.0938. The minimum absolute atomic E-state index is 0.220. The number of benzene rings is 2. The maximum atomic E-state index is 13.3. The van der Waals surface area contributed by atoms with Crippen molar-refractivity contribution >= 4 is 28.0 Å². The molecule has 0 saturated heterocycles. The van der Waals surface area contributed by atoms with E-state index in [1.54, 1.807) is 36.6 Å². The maximum Gasteiger partial charge on any atom is 0.274 e. The second-order valence-electron chi connectivity index (χ2n) is 8.08. The summed E-state index contributed by atoms with van der Waals surface area (Å²) >= 11 is 1.60. The number of hydrogen-bond donors (Lipinski definition) is 1. The average Bonchev–Trinajstić information content (AvgIpc) is 3.29. The third kappa shape index (κ3) is 4.44. The summed E-state index contributed by atoms with van der Waals surface area (Å²) in [6.45, 7) is 4.40. The highest BCUT2D eigenvalue weighted by Crippen LogP contribution is 2.27. The number of amides is 1. The van der Waals surface area contributed by atoms with Crippen LogP contribution >= 0.6 is 11.3 Å². The van der Waals surface area contributed by atoms with Gasteiger partial charge in [-0.15, -0.1) is 11.3 Å². The molecule has 158 valence electrons. The van der Waals surface area contributed by atoms with E-state index in [-0.39, 0.29) is 23.2 Å². The van der Waals surface area contributed by atoms with E-state index >= 15 is 0 Å². The van der Waals surface area contributed by atoms with Gasteiger partial charge < -0.3 is 5.32 Å². The average molecular weight is 432 g/mol. The standard InChI is InChI=1S/C25H25N3O2S/c1-16(2)15-17-10-12-18(13-11-17)22(21-9-6-14-31-21)26-24(29)23-19-7-4-5-8-20(19)25(30)28(3)27-23/h4-14,16,22H,15H2,1-3H3,(H,26,29). The molecule has 0 spiro atoms. The van der Waals surface area contributed by atoms with Gasteiger partial charge in [-0.25, -0.2) is 4.68 Å². The number of fused-ring (bicyclic) bond motifs is 1. The Morgan fingerprint density at radius 3 is 2.39 bits per heavy atom. The number of hydrogen-bond acceptors (Lipinski definition) is 4. The molecule has 1 unspecified atom stereocenters. The SMILES string of the molecule is CC(C)Cc1ccc(C(NC(=O)c2nn(C)c(=O)c3ccccc23)c2cccs2)cc1. The molecule has 2 heterocycles. The molecule has 0 aliphatic carbocycles. The minimum Gasteiger partial charge on any atom is -0.339 e. The molecule has 1 amide bonds. The van der Waals surface area contributed by atoms with Crippen LogP contribution < -0.4 is 10.9 Å². The van der Waals surface area contributed by atoms with Gasteiger partial charge in [0.2, 0.25) is 0 Å². The predicted molar refractivity (Wildman–Crippen MR) is 126 cm³/mol. The molecule has 0 aliphatic rings. The first-order valence-electron chi connectivity index (χ1n) is 10.3. The van der Waals surface area contributed by atoms with Gasteiger partial charge in [-0.2, -0.15) is 5.10 Å². The van der Waals surface area contributed by atoms with Crippen LogP contribution in [0.4, 0.5) is 0 Å². The van der Waals surface area contributed by atoms with E-state index in [2.05, 4.69) is 48.5 Å². The van der Waals surface area contributed by atoms with Crippen LogP contribution in [-0.2, 0) is 13.5 Å². The number of carbonyl (C=O) groups excluding carboxylic acids is 1. The van der Waals surface area contributed by atoms with Crippen LogP contribution in [0.25, 0.3) is 10.8 Å². The second-order valence-corrected chi connectivity index (χ2v) is 9.06. The molecule has 0 fully saturated rings. The fourth-order valence-corrected chi connectivity index (χ4v) is 4.56. The highest BCUT2D eigenvalue weighted by Gasteiger charge is 2.22. The summed E-state index contributed by atoms with van der Waals surface area (Å²) < 4.78 is 1.22. The fourth-order valence-electron chi connectivity index (χ4n) is 3.76. The summed E-state index contributed by atoms with van der Waals surface area (Å²) in [7, 11) is 1.57. The van der Waals surface area contributed by atoms with Crippen molar-refractivity contribution in [3.05, 3.63) is 98.1 Å².